The smallest absolute Gasteiger partial charge is 0.252 e. The summed E-state index contributed by atoms with van der Waals surface area (Å²) in [6.45, 7) is 0.747. The molecular formula is C13H17BrN2O. The molecule has 1 amide bonds. The van der Waals surface area contributed by atoms with Crippen LogP contribution < -0.4 is 11.1 Å². The maximum absolute atomic E-state index is 11.9. The highest BCUT2D eigenvalue weighted by Crippen LogP contribution is 2.33. The second-order valence-corrected chi connectivity index (χ2v) is 5.34. The lowest BCUT2D eigenvalue weighted by molar-refractivity contribution is 0.0952. The fourth-order valence-corrected chi connectivity index (χ4v) is 2.26. The maximum atomic E-state index is 11.9. The van der Waals surface area contributed by atoms with Gasteiger partial charge < -0.3 is 11.1 Å². The fraction of sp³-hybridized carbons (Fsp3) is 0.462. The Balaban J connectivity index is 1.83. The van der Waals surface area contributed by atoms with Gasteiger partial charge in [0.1, 0.15) is 0 Å². The zero-order chi connectivity index (χ0) is 12.3. The molecule has 1 saturated carbocycles. The van der Waals surface area contributed by atoms with Crippen molar-refractivity contribution in [2.45, 2.75) is 25.7 Å². The third-order valence-corrected chi connectivity index (χ3v) is 3.93. The van der Waals surface area contributed by atoms with Crippen LogP contribution >= 0.6 is 15.9 Å². The number of amides is 1. The van der Waals surface area contributed by atoms with Crippen molar-refractivity contribution >= 4 is 27.5 Å². The lowest BCUT2D eigenvalue weighted by atomic mass is 10.2. The van der Waals surface area contributed by atoms with Crippen LogP contribution in [0.15, 0.2) is 22.7 Å². The van der Waals surface area contributed by atoms with E-state index >= 15 is 0 Å². The van der Waals surface area contributed by atoms with Gasteiger partial charge >= 0.3 is 0 Å². The van der Waals surface area contributed by atoms with E-state index in [1.165, 1.54) is 19.3 Å². The predicted molar refractivity (Wildman–Crippen MR) is 72.8 cm³/mol. The molecule has 2 rings (SSSR count). The Morgan fingerprint density at radius 2 is 2.24 bits per heavy atom. The molecule has 0 spiro atoms. The first-order valence-corrected chi connectivity index (χ1v) is 6.80. The largest absolute Gasteiger partial charge is 0.398 e. The Bertz CT molecular complexity index is 416. The van der Waals surface area contributed by atoms with E-state index < -0.39 is 0 Å². The Morgan fingerprint density at radius 1 is 1.47 bits per heavy atom. The first kappa shape index (κ1) is 12.4. The van der Waals surface area contributed by atoms with Gasteiger partial charge in [0.15, 0.2) is 0 Å². The molecule has 0 aromatic heterocycles. The number of benzene rings is 1. The molecule has 0 radical (unpaired) electrons. The van der Waals surface area contributed by atoms with Crippen molar-refractivity contribution in [1.82, 2.24) is 5.32 Å². The molecule has 17 heavy (non-hydrogen) atoms. The zero-order valence-corrected chi connectivity index (χ0v) is 11.3. The van der Waals surface area contributed by atoms with Gasteiger partial charge in [-0.3, -0.25) is 4.79 Å². The average molecular weight is 297 g/mol. The molecule has 1 fully saturated rings. The van der Waals surface area contributed by atoms with E-state index in [4.69, 9.17) is 5.73 Å². The quantitative estimate of drug-likeness (QED) is 0.648. The number of hydrogen-bond donors (Lipinski definition) is 2. The van der Waals surface area contributed by atoms with Gasteiger partial charge in [-0.15, -0.1) is 0 Å². The molecule has 0 atom stereocenters. The summed E-state index contributed by atoms with van der Waals surface area (Å²) in [6.07, 6.45) is 5.04. The minimum Gasteiger partial charge on any atom is -0.398 e. The second kappa shape index (κ2) is 5.54. The molecule has 0 bridgehead atoms. The van der Waals surface area contributed by atoms with Gasteiger partial charge in [0.2, 0.25) is 0 Å². The molecular weight excluding hydrogens is 280 g/mol. The van der Waals surface area contributed by atoms with Crippen molar-refractivity contribution in [1.29, 1.82) is 0 Å². The minimum atomic E-state index is -0.0556. The molecule has 0 aliphatic heterocycles. The Hall–Kier alpha value is -1.03. The van der Waals surface area contributed by atoms with Gasteiger partial charge in [-0.2, -0.15) is 0 Å². The van der Waals surface area contributed by atoms with Crippen LogP contribution in [0.4, 0.5) is 5.69 Å². The van der Waals surface area contributed by atoms with E-state index in [1.807, 2.05) is 0 Å². The first-order chi connectivity index (χ1) is 8.18. The Morgan fingerprint density at radius 3 is 2.94 bits per heavy atom. The molecule has 1 aliphatic rings. The number of rotatable bonds is 5. The molecule has 3 nitrogen and oxygen atoms in total. The predicted octanol–water partition coefficient (Wildman–Crippen LogP) is 2.95. The van der Waals surface area contributed by atoms with E-state index in [9.17, 15) is 4.79 Å². The first-order valence-electron chi connectivity index (χ1n) is 6.00. The van der Waals surface area contributed by atoms with Gasteiger partial charge in [0.05, 0.1) is 10.0 Å². The van der Waals surface area contributed by atoms with Gasteiger partial charge in [0.25, 0.3) is 5.91 Å². The summed E-state index contributed by atoms with van der Waals surface area (Å²) in [5, 5.41) is 2.93. The average Bonchev–Trinajstić information content (AvgIpc) is 3.12. The van der Waals surface area contributed by atoms with Crippen molar-refractivity contribution in [3.63, 3.8) is 0 Å². The van der Waals surface area contributed by atoms with E-state index in [1.54, 1.807) is 18.2 Å². The zero-order valence-electron chi connectivity index (χ0n) is 9.71. The molecule has 92 valence electrons. The van der Waals surface area contributed by atoms with Crippen molar-refractivity contribution in [3.05, 3.63) is 28.2 Å². The monoisotopic (exact) mass is 296 g/mol. The molecule has 0 unspecified atom stereocenters. The molecule has 0 saturated heterocycles. The standard InChI is InChI=1S/C13H17BrN2O/c14-12-10(4-1-5-11(12)15)13(17)16-8-2-3-9-6-7-9/h1,4-5,9H,2-3,6-8,15H2,(H,16,17). The molecule has 4 heteroatoms. The van der Waals surface area contributed by atoms with Gasteiger partial charge in [-0.1, -0.05) is 18.9 Å². The summed E-state index contributed by atoms with van der Waals surface area (Å²) in [5.74, 6) is 0.867. The number of carbonyl (C=O) groups is 1. The molecule has 1 aromatic rings. The van der Waals surface area contributed by atoms with Crippen LogP contribution in [0.2, 0.25) is 0 Å². The fourth-order valence-electron chi connectivity index (χ4n) is 1.82. The number of halogens is 1. The summed E-state index contributed by atoms with van der Waals surface area (Å²) < 4.78 is 0.680. The van der Waals surface area contributed by atoms with Crippen molar-refractivity contribution in [3.8, 4) is 0 Å². The van der Waals surface area contributed by atoms with E-state index in [0.29, 0.717) is 15.7 Å². The highest BCUT2D eigenvalue weighted by atomic mass is 79.9. The third-order valence-electron chi connectivity index (χ3n) is 3.04. The van der Waals surface area contributed by atoms with Gasteiger partial charge in [-0.25, -0.2) is 0 Å². The number of anilines is 1. The van der Waals surface area contributed by atoms with Crippen LogP contribution in [0.5, 0.6) is 0 Å². The molecule has 1 aliphatic carbocycles. The van der Waals surface area contributed by atoms with Crippen LogP contribution in [0, 0.1) is 5.92 Å². The number of nitrogens with one attached hydrogen (secondary N) is 1. The SMILES string of the molecule is Nc1cccc(C(=O)NCCCC2CC2)c1Br. The topological polar surface area (TPSA) is 55.1 Å². The Labute approximate surface area is 110 Å². The number of nitrogens with two attached hydrogens (primary N) is 1. The highest BCUT2D eigenvalue weighted by Gasteiger charge is 2.20. The third kappa shape index (κ3) is 3.46. The number of nitrogen functional groups attached to an aromatic ring is 1. The van der Waals surface area contributed by atoms with Crippen LogP contribution in [0.1, 0.15) is 36.0 Å². The second-order valence-electron chi connectivity index (χ2n) is 4.55. The van der Waals surface area contributed by atoms with Crippen molar-refractivity contribution in [2.75, 3.05) is 12.3 Å². The summed E-state index contributed by atoms with van der Waals surface area (Å²) in [7, 11) is 0. The van der Waals surface area contributed by atoms with Crippen molar-refractivity contribution in [2.24, 2.45) is 5.92 Å². The maximum Gasteiger partial charge on any atom is 0.252 e. The van der Waals surface area contributed by atoms with Gasteiger partial charge in [-0.05, 0) is 46.8 Å². The summed E-state index contributed by atoms with van der Waals surface area (Å²) in [4.78, 5) is 11.9. The lowest BCUT2D eigenvalue weighted by Gasteiger charge is -2.08. The van der Waals surface area contributed by atoms with E-state index in [-0.39, 0.29) is 5.91 Å². The summed E-state index contributed by atoms with van der Waals surface area (Å²) >= 11 is 3.34. The Kier molecular flexibility index (Phi) is 4.05. The van der Waals surface area contributed by atoms with Crippen LogP contribution in [0.3, 0.4) is 0 Å². The lowest BCUT2D eigenvalue weighted by Crippen LogP contribution is -2.25. The molecule has 3 N–H and O–H groups in total. The molecule has 1 aromatic carbocycles. The van der Waals surface area contributed by atoms with Gasteiger partial charge in [0, 0.05) is 12.2 Å². The van der Waals surface area contributed by atoms with Crippen molar-refractivity contribution < 1.29 is 4.79 Å². The summed E-state index contributed by atoms with van der Waals surface area (Å²) in [5.41, 5.74) is 6.94. The van der Waals surface area contributed by atoms with Crippen LogP contribution in [0.25, 0.3) is 0 Å². The van der Waals surface area contributed by atoms with Crippen LogP contribution in [-0.2, 0) is 0 Å². The molecule has 0 heterocycles. The van der Waals surface area contributed by atoms with E-state index in [0.717, 1.165) is 18.9 Å². The normalized spacial score (nSPS) is 14.6. The van der Waals surface area contributed by atoms with Crippen LogP contribution in [-0.4, -0.2) is 12.5 Å². The highest BCUT2D eigenvalue weighted by molar-refractivity contribution is 9.10. The summed E-state index contributed by atoms with van der Waals surface area (Å²) in [6, 6.07) is 5.34. The van der Waals surface area contributed by atoms with E-state index in [2.05, 4.69) is 21.2 Å². The minimum absolute atomic E-state index is 0.0556. The number of hydrogen-bond acceptors (Lipinski definition) is 2. The number of carbonyl (C=O) groups excluding carboxylic acids is 1.